The summed E-state index contributed by atoms with van der Waals surface area (Å²) in [5, 5.41) is 5.03. The Morgan fingerprint density at radius 3 is 1.51 bits per heavy atom. The van der Waals surface area contributed by atoms with E-state index < -0.39 is 0 Å². The van der Waals surface area contributed by atoms with Crippen LogP contribution in [0.5, 0.6) is 0 Å². The molecule has 8 aromatic carbocycles. The number of nitrogens with zero attached hydrogens (tertiary/aromatic N) is 2. The molecule has 1 aromatic heterocycles. The van der Waals surface area contributed by atoms with Gasteiger partial charge in [0.25, 0.3) is 0 Å². The van der Waals surface area contributed by atoms with Crippen molar-refractivity contribution in [3.8, 4) is 33.4 Å². The first-order chi connectivity index (χ1) is 33.0. The number of furan rings is 1. The molecule has 4 unspecified atom stereocenters. The van der Waals surface area contributed by atoms with Crippen molar-refractivity contribution in [2.24, 2.45) is 0 Å². The molecule has 3 nitrogen and oxygen atoms in total. The van der Waals surface area contributed by atoms with Crippen LogP contribution in [0.1, 0.15) is 115 Å². The van der Waals surface area contributed by atoms with Crippen molar-refractivity contribution in [1.29, 1.82) is 0 Å². The lowest BCUT2D eigenvalue weighted by Crippen LogP contribution is -2.54. The Bertz CT molecular complexity index is 3580. The van der Waals surface area contributed by atoms with E-state index in [1.54, 1.807) is 0 Å². The third-order valence-corrected chi connectivity index (χ3v) is 19.1. The summed E-state index contributed by atoms with van der Waals surface area (Å²) in [5.74, 6) is 0. The zero-order chi connectivity index (χ0) is 46.0. The summed E-state index contributed by atoms with van der Waals surface area (Å²) in [4.78, 5) is 5.38. The van der Waals surface area contributed by atoms with Crippen molar-refractivity contribution >= 4 is 55.5 Å². The van der Waals surface area contributed by atoms with Gasteiger partial charge in [0.15, 0.2) is 0 Å². The number of anilines is 4. The Hall–Kier alpha value is -6.58. The van der Waals surface area contributed by atoms with E-state index in [0.717, 1.165) is 11.2 Å². The number of hydrogen-bond acceptors (Lipinski definition) is 3. The van der Waals surface area contributed by atoms with Crippen molar-refractivity contribution < 1.29 is 4.42 Å². The van der Waals surface area contributed by atoms with Crippen LogP contribution < -0.4 is 9.80 Å². The molecule has 0 spiro atoms. The molecule has 5 aliphatic rings. The molecule has 4 atom stereocenters. The summed E-state index contributed by atoms with van der Waals surface area (Å²) in [7, 11) is 0. The van der Waals surface area contributed by atoms with Gasteiger partial charge in [-0.2, -0.15) is 0 Å². The van der Waals surface area contributed by atoms with Gasteiger partial charge in [-0.15, -0.1) is 0 Å². The molecule has 68 heavy (non-hydrogen) atoms. The highest BCUT2D eigenvalue weighted by atomic mass is 16.3. The standard InChI is InChI=1S/C65H60N2O/c1-61(2)53-40-48(41-29-31-54-51(37-41)62(3)33-17-19-35-64(62,5)66(54)43-21-9-7-10-22-43)45-25-13-14-26-46(45)57(53)50-39-49(58-47-27-15-16-28-56(47)68-60(58)59(50)61)42-30-32-55-52(38-42)63(4)34-18-20-36-65(63,6)67(55)44-23-11-8-12-24-44/h7-16,21-32,37-40H,17-20,33-36H2,1-6H3. The van der Waals surface area contributed by atoms with Crippen LogP contribution in [-0.4, -0.2) is 11.1 Å². The zero-order valence-electron chi connectivity index (χ0n) is 40.5. The van der Waals surface area contributed by atoms with Crippen LogP contribution in [0.3, 0.4) is 0 Å². The molecule has 0 bridgehead atoms. The fourth-order valence-corrected chi connectivity index (χ4v) is 15.2. The quantitative estimate of drug-likeness (QED) is 0.176. The van der Waals surface area contributed by atoms with Crippen LogP contribution in [0.4, 0.5) is 22.7 Å². The second kappa shape index (κ2) is 13.8. The van der Waals surface area contributed by atoms with Gasteiger partial charge in [0.1, 0.15) is 11.2 Å². The van der Waals surface area contributed by atoms with Crippen molar-refractivity contribution in [2.75, 3.05) is 9.80 Å². The second-order valence-corrected chi connectivity index (χ2v) is 22.6. The van der Waals surface area contributed by atoms with Crippen LogP contribution in [0.25, 0.3) is 66.1 Å². The SMILES string of the molecule is CC1(C)c2cc(-c3ccc4c(c3)C3(C)CCCCC3(C)N4c3ccccc3)c3ccccc3c2-c2cc(-c3ccc4c(c3)C3(C)CCCCC3(C)N4c3ccccc3)c3c(oc4ccccc43)c21. The summed E-state index contributed by atoms with van der Waals surface area (Å²) in [6.07, 6.45) is 9.78. The molecule has 14 rings (SSSR count). The van der Waals surface area contributed by atoms with E-state index in [1.807, 2.05) is 0 Å². The molecule has 0 radical (unpaired) electrons. The van der Waals surface area contributed by atoms with E-state index in [4.69, 9.17) is 4.42 Å². The van der Waals surface area contributed by atoms with Crippen LogP contribution in [0.2, 0.25) is 0 Å². The van der Waals surface area contributed by atoms with E-state index >= 15 is 0 Å². The molecule has 0 amide bonds. The molecule has 9 aromatic rings. The molecule has 3 aliphatic carbocycles. The molecule has 3 heterocycles. The Kier molecular flexibility index (Phi) is 8.20. The van der Waals surface area contributed by atoms with Crippen LogP contribution in [-0.2, 0) is 16.2 Å². The van der Waals surface area contributed by atoms with Gasteiger partial charge in [0.2, 0.25) is 0 Å². The lowest BCUT2D eigenvalue weighted by Gasteiger charge is -2.50. The summed E-state index contributed by atoms with van der Waals surface area (Å²) < 4.78 is 7.20. The highest BCUT2D eigenvalue weighted by Crippen LogP contribution is 2.64. The van der Waals surface area contributed by atoms with Crippen molar-refractivity contribution in [1.82, 2.24) is 0 Å². The first-order valence-corrected chi connectivity index (χ1v) is 25.5. The third kappa shape index (κ3) is 5.00. The maximum Gasteiger partial charge on any atom is 0.140 e. The van der Waals surface area contributed by atoms with Gasteiger partial charge < -0.3 is 14.2 Å². The minimum absolute atomic E-state index is 0.000744. The first kappa shape index (κ1) is 40.5. The molecule has 0 N–H and O–H groups in total. The smallest absolute Gasteiger partial charge is 0.140 e. The predicted octanol–water partition coefficient (Wildman–Crippen LogP) is 17.9. The van der Waals surface area contributed by atoms with Crippen LogP contribution in [0, 0.1) is 0 Å². The van der Waals surface area contributed by atoms with Gasteiger partial charge in [0, 0.05) is 55.3 Å². The summed E-state index contributed by atoms with van der Waals surface area (Å²) in [6, 6.07) is 60.3. The van der Waals surface area contributed by atoms with Crippen LogP contribution in [0.15, 0.2) is 162 Å². The minimum Gasteiger partial charge on any atom is -0.456 e. The highest BCUT2D eigenvalue weighted by molar-refractivity contribution is 6.19. The fraction of sp³-hybridized carbons (Fsp3) is 0.292. The number of hydrogen-bond donors (Lipinski definition) is 0. The molecular formula is C65H60N2O. The predicted molar refractivity (Wildman–Crippen MR) is 285 cm³/mol. The third-order valence-electron chi connectivity index (χ3n) is 19.1. The molecular weight excluding hydrogens is 825 g/mol. The van der Waals surface area contributed by atoms with E-state index in [1.165, 1.54) is 151 Å². The Labute approximate surface area is 401 Å². The number of fused-ring (bicyclic) bond motifs is 15. The van der Waals surface area contributed by atoms with Crippen molar-refractivity contribution in [2.45, 2.75) is 120 Å². The maximum absolute atomic E-state index is 7.20. The number of rotatable bonds is 4. The highest BCUT2D eigenvalue weighted by Gasteiger charge is 2.59. The molecule has 0 saturated heterocycles. The van der Waals surface area contributed by atoms with Gasteiger partial charge >= 0.3 is 0 Å². The Morgan fingerprint density at radius 2 is 0.926 bits per heavy atom. The molecule has 2 saturated carbocycles. The van der Waals surface area contributed by atoms with E-state index in [2.05, 4.69) is 209 Å². The van der Waals surface area contributed by atoms with Crippen LogP contribution >= 0.6 is 0 Å². The number of para-hydroxylation sites is 3. The molecule has 336 valence electrons. The lowest BCUT2D eigenvalue weighted by atomic mass is 9.61. The van der Waals surface area contributed by atoms with Gasteiger partial charge in [-0.25, -0.2) is 0 Å². The summed E-state index contributed by atoms with van der Waals surface area (Å²) in [6.45, 7) is 15.1. The van der Waals surface area contributed by atoms with Gasteiger partial charge in [-0.05, 0) is 167 Å². The van der Waals surface area contributed by atoms with E-state index in [9.17, 15) is 0 Å². The van der Waals surface area contributed by atoms with Gasteiger partial charge in [0.05, 0.1) is 11.1 Å². The maximum atomic E-state index is 7.20. The van der Waals surface area contributed by atoms with Crippen molar-refractivity contribution in [3.05, 3.63) is 180 Å². The van der Waals surface area contributed by atoms with E-state index in [-0.39, 0.29) is 27.3 Å². The number of benzene rings is 8. The van der Waals surface area contributed by atoms with Crippen molar-refractivity contribution in [3.63, 3.8) is 0 Å². The zero-order valence-corrected chi connectivity index (χ0v) is 40.5. The normalized spacial score (nSPS) is 25.3. The Morgan fingerprint density at radius 1 is 0.426 bits per heavy atom. The minimum atomic E-state index is -0.325. The van der Waals surface area contributed by atoms with Gasteiger partial charge in [-0.3, -0.25) is 0 Å². The summed E-state index contributed by atoms with van der Waals surface area (Å²) in [5.41, 5.74) is 20.4. The molecule has 3 heteroatoms. The molecule has 2 aliphatic heterocycles. The molecule has 2 fully saturated rings. The van der Waals surface area contributed by atoms with E-state index in [0.29, 0.717) is 0 Å². The average molecular weight is 885 g/mol. The summed E-state index contributed by atoms with van der Waals surface area (Å²) >= 11 is 0. The lowest BCUT2D eigenvalue weighted by molar-refractivity contribution is 0.195. The second-order valence-electron chi connectivity index (χ2n) is 22.6. The largest absolute Gasteiger partial charge is 0.456 e. The Balaban J connectivity index is 0.988. The monoisotopic (exact) mass is 884 g/mol. The topological polar surface area (TPSA) is 19.6 Å². The fourth-order valence-electron chi connectivity index (χ4n) is 15.2. The average Bonchev–Trinajstić information content (AvgIpc) is 3.99. The first-order valence-electron chi connectivity index (χ1n) is 25.5. The van der Waals surface area contributed by atoms with Gasteiger partial charge in [-0.1, -0.05) is 144 Å².